The normalized spacial score (nSPS) is 16.7. The quantitative estimate of drug-likeness (QED) is 0.862. The lowest BCUT2D eigenvalue weighted by molar-refractivity contribution is 0.107. The smallest absolute Gasteiger partial charge is 0.191 e. The molecule has 0 fully saturated rings. The second kappa shape index (κ2) is 7.79. The van der Waals surface area contributed by atoms with Gasteiger partial charge < -0.3 is 15.4 Å². The molecule has 2 aromatic rings. The van der Waals surface area contributed by atoms with Crippen LogP contribution in [-0.2, 0) is 24.5 Å². The highest BCUT2D eigenvalue weighted by Gasteiger charge is 2.11. The van der Waals surface area contributed by atoms with Crippen molar-refractivity contribution in [3.63, 3.8) is 0 Å². The summed E-state index contributed by atoms with van der Waals surface area (Å²) in [6.07, 6.45) is 0. The van der Waals surface area contributed by atoms with E-state index >= 15 is 0 Å². The lowest BCUT2D eigenvalue weighted by atomic mass is 10.1. The van der Waals surface area contributed by atoms with E-state index in [-0.39, 0.29) is 0 Å². The summed E-state index contributed by atoms with van der Waals surface area (Å²) in [5, 5.41) is 6.64. The van der Waals surface area contributed by atoms with Crippen LogP contribution in [0.5, 0.6) is 0 Å². The third-order valence-electron chi connectivity index (χ3n) is 3.74. The van der Waals surface area contributed by atoms with Crippen LogP contribution in [0.1, 0.15) is 23.6 Å². The van der Waals surface area contributed by atoms with Crippen molar-refractivity contribution >= 4 is 5.96 Å². The predicted octanol–water partition coefficient (Wildman–Crippen LogP) is 2.84. The number of nitrogens with zero attached hydrogens (tertiary/aromatic N) is 1. The Labute approximate surface area is 137 Å². The number of nitrogens with one attached hydrogen (secondary N) is 2. The van der Waals surface area contributed by atoms with Crippen molar-refractivity contribution in [1.82, 2.24) is 10.6 Å². The molecule has 2 N–H and O–H groups in total. The van der Waals surface area contributed by atoms with Crippen LogP contribution < -0.4 is 10.6 Å². The molecule has 0 saturated carbocycles. The maximum absolute atomic E-state index is 5.80. The minimum absolute atomic E-state index is 0.426. The van der Waals surface area contributed by atoms with E-state index < -0.39 is 0 Å². The number of hydrogen-bond donors (Lipinski definition) is 2. The van der Waals surface area contributed by atoms with Crippen molar-refractivity contribution in [3.8, 4) is 0 Å². The molecule has 4 nitrogen and oxygen atoms in total. The summed E-state index contributed by atoms with van der Waals surface area (Å²) in [5.41, 5.74) is 3.62. The van der Waals surface area contributed by atoms with Crippen LogP contribution in [0.2, 0.25) is 0 Å². The van der Waals surface area contributed by atoms with E-state index in [0.717, 1.165) is 19.0 Å². The van der Waals surface area contributed by atoms with Crippen LogP contribution in [-0.4, -0.2) is 18.5 Å². The summed E-state index contributed by atoms with van der Waals surface area (Å²) in [7, 11) is 0. The number of benzene rings is 2. The SMILES string of the molecule is CC1CN=C(NCc2cccc(COCc3ccccc3)c2)N1. The fourth-order valence-corrected chi connectivity index (χ4v) is 2.54. The van der Waals surface area contributed by atoms with Crippen LogP contribution in [0, 0.1) is 0 Å². The summed E-state index contributed by atoms with van der Waals surface area (Å²) >= 11 is 0. The number of guanidine groups is 1. The molecule has 0 radical (unpaired) electrons. The molecule has 1 atom stereocenters. The standard InChI is InChI=1S/C19H23N3O/c1-15-11-20-19(22-15)21-12-17-8-5-9-18(10-17)14-23-13-16-6-3-2-4-7-16/h2-10,15H,11-14H2,1H3,(H2,20,21,22). The molecule has 120 valence electrons. The molecule has 1 aliphatic heterocycles. The molecular weight excluding hydrogens is 286 g/mol. The second-order valence-electron chi connectivity index (χ2n) is 5.89. The summed E-state index contributed by atoms with van der Waals surface area (Å²) in [5.74, 6) is 0.892. The van der Waals surface area contributed by atoms with Gasteiger partial charge in [-0.05, 0) is 23.6 Å². The molecule has 1 unspecified atom stereocenters. The highest BCUT2D eigenvalue weighted by molar-refractivity contribution is 5.81. The van der Waals surface area contributed by atoms with Gasteiger partial charge in [0.25, 0.3) is 0 Å². The van der Waals surface area contributed by atoms with Crippen LogP contribution in [0.15, 0.2) is 59.6 Å². The molecule has 2 aromatic carbocycles. The van der Waals surface area contributed by atoms with E-state index in [9.17, 15) is 0 Å². The zero-order valence-corrected chi connectivity index (χ0v) is 13.5. The van der Waals surface area contributed by atoms with E-state index in [1.165, 1.54) is 16.7 Å². The molecule has 0 saturated heterocycles. The molecule has 3 rings (SSSR count). The first-order chi connectivity index (χ1) is 11.3. The van der Waals surface area contributed by atoms with Gasteiger partial charge in [-0.15, -0.1) is 0 Å². The van der Waals surface area contributed by atoms with Gasteiger partial charge in [-0.25, -0.2) is 0 Å². The molecule has 0 aliphatic carbocycles. The molecule has 0 spiro atoms. The van der Waals surface area contributed by atoms with Gasteiger partial charge >= 0.3 is 0 Å². The van der Waals surface area contributed by atoms with Crippen molar-refractivity contribution in [2.75, 3.05) is 6.54 Å². The minimum atomic E-state index is 0.426. The Hall–Kier alpha value is -2.33. The van der Waals surface area contributed by atoms with Gasteiger partial charge in [-0.1, -0.05) is 54.6 Å². The average molecular weight is 309 g/mol. The number of ether oxygens (including phenoxy) is 1. The Morgan fingerprint density at radius 3 is 2.57 bits per heavy atom. The summed E-state index contributed by atoms with van der Waals surface area (Å²) in [6.45, 7) is 5.00. The average Bonchev–Trinajstić information content (AvgIpc) is 3.00. The van der Waals surface area contributed by atoms with Gasteiger partial charge in [0.2, 0.25) is 0 Å². The van der Waals surface area contributed by atoms with E-state index in [1.54, 1.807) is 0 Å². The number of aliphatic imine (C=N–C) groups is 1. The minimum Gasteiger partial charge on any atom is -0.372 e. The zero-order valence-electron chi connectivity index (χ0n) is 13.5. The van der Waals surface area contributed by atoms with Crippen LogP contribution in [0.4, 0.5) is 0 Å². The van der Waals surface area contributed by atoms with Gasteiger partial charge in [0.05, 0.1) is 19.8 Å². The third kappa shape index (κ3) is 4.83. The van der Waals surface area contributed by atoms with Crippen LogP contribution in [0.25, 0.3) is 0 Å². The Morgan fingerprint density at radius 2 is 1.78 bits per heavy atom. The first-order valence-electron chi connectivity index (χ1n) is 8.04. The van der Waals surface area contributed by atoms with E-state index in [1.807, 2.05) is 18.2 Å². The van der Waals surface area contributed by atoms with Gasteiger partial charge in [0.15, 0.2) is 5.96 Å². The molecule has 1 heterocycles. The van der Waals surface area contributed by atoms with Gasteiger partial charge in [0, 0.05) is 12.6 Å². The highest BCUT2D eigenvalue weighted by atomic mass is 16.5. The third-order valence-corrected chi connectivity index (χ3v) is 3.74. The second-order valence-corrected chi connectivity index (χ2v) is 5.89. The summed E-state index contributed by atoms with van der Waals surface area (Å²) < 4.78 is 5.80. The summed E-state index contributed by atoms with van der Waals surface area (Å²) in [4.78, 5) is 4.41. The van der Waals surface area contributed by atoms with Crippen molar-refractivity contribution < 1.29 is 4.74 Å². The Morgan fingerprint density at radius 1 is 1.04 bits per heavy atom. The van der Waals surface area contributed by atoms with Gasteiger partial charge in [0.1, 0.15) is 0 Å². The number of rotatable bonds is 6. The predicted molar refractivity (Wildman–Crippen MR) is 93.1 cm³/mol. The van der Waals surface area contributed by atoms with E-state index in [4.69, 9.17) is 4.74 Å². The van der Waals surface area contributed by atoms with Crippen molar-refractivity contribution in [2.24, 2.45) is 4.99 Å². The van der Waals surface area contributed by atoms with Crippen molar-refractivity contribution in [2.45, 2.75) is 32.7 Å². The summed E-state index contributed by atoms with van der Waals surface area (Å²) in [6, 6.07) is 19.1. The van der Waals surface area contributed by atoms with E-state index in [0.29, 0.717) is 19.3 Å². The molecule has 4 heteroatoms. The zero-order chi connectivity index (χ0) is 15.9. The van der Waals surface area contributed by atoms with Crippen LogP contribution >= 0.6 is 0 Å². The first-order valence-corrected chi connectivity index (χ1v) is 8.04. The largest absolute Gasteiger partial charge is 0.372 e. The fourth-order valence-electron chi connectivity index (χ4n) is 2.54. The molecule has 23 heavy (non-hydrogen) atoms. The number of hydrogen-bond acceptors (Lipinski definition) is 4. The molecule has 1 aliphatic rings. The molecular formula is C19H23N3O. The molecule has 0 aromatic heterocycles. The Bertz CT molecular complexity index is 655. The molecule has 0 amide bonds. The Kier molecular flexibility index (Phi) is 5.27. The maximum Gasteiger partial charge on any atom is 0.191 e. The maximum atomic E-state index is 5.80. The monoisotopic (exact) mass is 309 g/mol. The highest BCUT2D eigenvalue weighted by Crippen LogP contribution is 2.09. The Balaban J connectivity index is 1.47. The lowest BCUT2D eigenvalue weighted by Gasteiger charge is -2.10. The van der Waals surface area contributed by atoms with E-state index in [2.05, 4.69) is 58.9 Å². The van der Waals surface area contributed by atoms with Crippen molar-refractivity contribution in [1.29, 1.82) is 0 Å². The topological polar surface area (TPSA) is 45.7 Å². The van der Waals surface area contributed by atoms with Crippen LogP contribution in [0.3, 0.4) is 0 Å². The fraction of sp³-hybridized carbons (Fsp3) is 0.316. The van der Waals surface area contributed by atoms with Crippen molar-refractivity contribution in [3.05, 3.63) is 71.3 Å². The molecule has 0 bridgehead atoms. The first kappa shape index (κ1) is 15.6. The lowest BCUT2D eigenvalue weighted by Crippen LogP contribution is -2.37. The van der Waals surface area contributed by atoms with Gasteiger partial charge in [-0.3, -0.25) is 4.99 Å². The van der Waals surface area contributed by atoms with Gasteiger partial charge in [-0.2, -0.15) is 0 Å².